The van der Waals surface area contributed by atoms with Gasteiger partial charge in [-0.15, -0.1) is 0 Å². The van der Waals surface area contributed by atoms with E-state index in [1.165, 1.54) is 16.8 Å². The van der Waals surface area contributed by atoms with Crippen LogP contribution in [-0.4, -0.2) is 25.7 Å². The summed E-state index contributed by atoms with van der Waals surface area (Å²) in [6.45, 7) is 0. The maximum Gasteiger partial charge on any atom is 0.354 e. The van der Waals surface area contributed by atoms with Crippen LogP contribution in [0.15, 0.2) is 30.5 Å². The minimum absolute atomic E-state index is 0.0482. The van der Waals surface area contributed by atoms with Crippen molar-refractivity contribution in [1.29, 1.82) is 0 Å². The van der Waals surface area contributed by atoms with Crippen LogP contribution in [0.5, 0.6) is 0 Å². The molecular weight excluding hydrogens is 337 g/mol. The molecule has 0 bridgehead atoms. The lowest BCUT2D eigenvalue weighted by Crippen LogP contribution is -2.08. The fourth-order valence-corrected chi connectivity index (χ4v) is 2.36. The highest BCUT2D eigenvalue weighted by atomic mass is 35.5. The zero-order valence-electron chi connectivity index (χ0n) is 10.2. The van der Waals surface area contributed by atoms with Crippen LogP contribution < -0.4 is 0 Å². The quantitative estimate of drug-likeness (QED) is 0.763. The van der Waals surface area contributed by atoms with E-state index in [9.17, 15) is 9.90 Å². The maximum absolute atomic E-state index is 11.3. The molecule has 0 radical (unpaired) electrons. The van der Waals surface area contributed by atoms with Gasteiger partial charge in [0.15, 0.2) is 11.3 Å². The summed E-state index contributed by atoms with van der Waals surface area (Å²) in [5.41, 5.74) is 1.26. The van der Waals surface area contributed by atoms with Gasteiger partial charge in [-0.25, -0.2) is 14.3 Å². The number of fused-ring (bicyclic) bond motifs is 1. The Morgan fingerprint density at radius 3 is 2.52 bits per heavy atom. The van der Waals surface area contributed by atoms with Crippen LogP contribution >= 0.6 is 34.8 Å². The molecule has 0 amide bonds. The van der Waals surface area contributed by atoms with Crippen LogP contribution in [0.4, 0.5) is 0 Å². The van der Waals surface area contributed by atoms with Gasteiger partial charge < -0.3 is 5.11 Å². The molecule has 3 rings (SSSR count). The van der Waals surface area contributed by atoms with Gasteiger partial charge in [0.2, 0.25) is 0 Å². The van der Waals surface area contributed by atoms with Gasteiger partial charge in [-0.3, -0.25) is 0 Å². The van der Waals surface area contributed by atoms with Crippen LogP contribution in [0.25, 0.3) is 16.9 Å². The largest absolute Gasteiger partial charge is 0.477 e. The lowest BCUT2D eigenvalue weighted by Gasteiger charge is -2.06. The van der Waals surface area contributed by atoms with Gasteiger partial charge in [-0.2, -0.15) is 5.10 Å². The molecule has 5 nitrogen and oxygen atoms in total. The smallest absolute Gasteiger partial charge is 0.354 e. The monoisotopic (exact) mass is 341 g/mol. The first kappa shape index (κ1) is 14.1. The molecule has 0 saturated carbocycles. The second-order valence-corrected chi connectivity index (χ2v) is 5.41. The fourth-order valence-electron chi connectivity index (χ4n) is 1.89. The molecule has 3 aromatic rings. The Balaban J connectivity index is 2.29. The van der Waals surface area contributed by atoms with E-state index in [4.69, 9.17) is 34.8 Å². The number of hydrogen-bond donors (Lipinski definition) is 1. The SMILES string of the molecule is O=C(O)c1cc(-c2ccc(Cl)c(Cl)c2)nc2c(Cl)cnn12. The van der Waals surface area contributed by atoms with Gasteiger partial charge in [0.25, 0.3) is 0 Å². The van der Waals surface area contributed by atoms with Crippen molar-refractivity contribution in [3.63, 3.8) is 0 Å². The summed E-state index contributed by atoms with van der Waals surface area (Å²) in [6, 6.07) is 6.32. The molecule has 0 atom stereocenters. The minimum atomic E-state index is -1.14. The molecule has 8 heteroatoms. The number of nitrogens with zero attached hydrogens (tertiary/aromatic N) is 3. The zero-order chi connectivity index (χ0) is 15.1. The third-order valence-electron chi connectivity index (χ3n) is 2.86. The molecule has 0 spiro atoms. The number of halogens is 3. The second kappa shape index (κ2) is 5.18. The Bertz CT molecular complexity index is 876. The molecule has 1 aromatic carbocycles. The van der Waals surface area contributed by atoms with Gasteiger partial charge in [-0.05, 0) is 18.2 Å². The second-order valence-electron chi connectivity index (χ2n) is 4.19. The van der Waals surface area contributed by atoms with E-state index in [0.717, 1.165) is 0 Å². The first-order valence-electron chi connectivity index (χ1n) is 5.70. The highest BCUT2D eigenvalue weighted by Gasteiger charge is 2.16. The third-order valence-corrected chi connectivity index (χ3v) is 3.87. The van der Waals surface area contributed by atoms with Crippen molar-refractivity contribution in [2.24, 2.45) is 0 Å². The molecule has 21 heavy (non-hydrogen) atoms. The summed E-state index contributed by atoms with van der Waals surface area (Å²) in [5.74, 6) is -1.14. The van der Waals surface area contributed by atoms with Crippen LogP contribution in [0.1, 0.15) is 10.5 Å². The summed E-state index contributed by atoms with van der Waals surface area (Å²) in [5, 5.41) is 14.2. The van der Waals surface area contributed by atoms with Crippen LogP contribution in [0.3, 0.4) is 0 Å². The lowest BCUT2D eigenvalue weighted by molar-refractivity contribution is 0.0687. The minimum Gasteiger partial charge on any atom is -0.477 e. The van der Waals surface area contributed by atoms with Gasteiger partial charge in [0.05, 0.1) is 21.9 Å². The van der Waals surface area contributed by atoms with E-state index in [2.05, 4.69) is 10.1 Å². The number of hydrogen-bond acceptors (Lipinski definition) is 3. The highest BCUT2D eigenvalue weighted by Crippen LogP contribution is 2.29. The number of carboxylic acid groups (broad SMARTS) is 1. The normalized spacial score (nSPS) is 11.0. The van der Waals surface area contributed by atoms with Gasteiger partial charge in [-0.1, -0.05) is 40.9 Å². The molecule has 0 aliphatic rings. The van der Waals surface area contributed by atoms with E-state index in [-0.39, 0.29) is 16.4 Å². The standard InChI is InChI=1S/C13H6Cl3N3O2/c14-7-2-1-6(3-8(7)15)10-4-11(13(20)21)19-12(18-10)9(16)5-17-19/h1-5H,(H,20,21). The number of aromatic carboxylic acids is 1. The molecule has 0 aliphatic carbocycles. The highest BCUT2D eigenvalue weighted by molar-refractivity contribution is 6.42. The van der Waals surface area contributed by atoms with Crippen molar-refractivity contribution in [2.75, 3.05) is 0 Å². The molecular formula is C13H6Cl3N3O2. The van der Waals surface area contributed by atoms with E-state index >= 15 is 0 Å². The van der Waals surface area contributed by atoms with Gasteiger partial charge >= 0.3 is 5.97 Å². The van der Waals surface area contributed by atoms with Crippen molar-refractivity contribution >= 4 is 46.4 Å². The number of benzene rings is 1. The molecule has 2 aromatic heterocycles. The predicted octanol–water partition coefficient (Wildman–Crippen LogP) is 4.05. The van der Waals surface area contributed by atoms with Crippen molar-refractivity contribution in [2.45, 2.75) is 0 Å². The zero-order valence-corrected chi connectivity index (χ0v) is 12.5. The summed E-state index contributed by atoms with van der Waals surface area (Å²) >= 11 is 17.8. The average molecular weight is 343 g/mol. The number of aromatic nitrogens is 3. The molecule has 0 aliphatic heterocycles. The predicted molar refractivity (Wildman–Crippen MR) is 80.4 cm³/mol. The molecule has 2 heterocycles. The van der Waals surface area contributed by atoms with E-state index in [1.54, 1.807) is 18.2 Å². The van der Waals surface area contributed by atoms with E-state index in [0.29, 0.717) is 21.3 Å². The topological polar surface area (TPSA) is 67.5 Å². The Labute approximate surface area is 133 Å². The third kappa shape index (κ3) is 2.44. The van der Waals surface area contributed by atoms with Crippen molar-refractivity contribution in [1.82, 2.24) is 14.6 Å². The Morgan fingerprint density at radius 2 is 1.86 bits per heavy atom. The molecule has 0 saturated heterocycles. The van der Waals surface area contributed by atoms with Crippen molar-refractivity contribution < 1.29 is 9.90 Å². The first-order chi connectivity index (χ1) is 9.97. The van der Waals surface area contributed by atoms with Gasteiger partial charge in [0.1, 0.15) is 5.02 Å². The average Bonchev–Trinajstić information content (AvgIpc) is 2.82. The summed E-state index contributed by atoms with van der Waals surface area (Å²) in [4.78, 5) is 15.7. The first-order valence-corrected chi connectivity index (χ1v) is 6.84. The van der Waals surface area contributed by atoms with Gasteiger partial charge in [0, 0.05) is 5.56 Å². The van der Waals surface area contributed by atoms with Crippen molar-refractivity contribution in [3.8, 4) is 11.3 Å². The molecule has 1 N–H and O–H groups in total. The Morgan fingerprint density at radius 1 is 1.10 bits per heavy atom. The van der Waals surface area contributed by atoms with Crippen molar-refractivity contribution in [3.05, 3.63) is 51.2 Å². The van der Waals surface area contributed by atoms with E-state index in [1.807, 2.05) is 0 Å². The number of carbonyl (C=O) groups is 1. The summed E-state index contributed by atoms with van der Waals surface area (Å²) in [7, 11) is 0. The van der Waals surface area contributed by atoms with Crippen LogP contribution in [0.2, 0.25) is 15.1 Å². The Hall–Kier alpha value is -1.82. The fraction of sp³-hybridized carbons (Fsp3) is 0. The molecule has 0 fully saturated rings. The van der Waals surface area contributed by atoms with Crippen LogP contribution in [0, 0.1) is 0 Å². The molecule has 106 valence electrons. The van der Waals surface area contributed by atoms with Crippen LogP contribution in [-0.2, 0) is 0 Å². The Kier molecular flexibility index (Phi) is 3.49. The summed E-state index contributed by atoms with van der Waals surface area (Å²) in [6.07, 6.45) is 1.34. The lowest BCUT2D eigenvalue weighted by atomic mass is 10.1. The number of rotatable bonds is 2. The number of carboxylic acids is 1. The molecule has 0 unspecified atom stereocenters. The maximum atomic E-state index is 11.3. The van der Waals surface area contributed by atoms with E-state index < -0.39 is 5.97 Å². The summed E-state index contributed by atoms with van der Waals surface area (Å²) < 4.78 is 1.17.